The van der Waals surface area contributed by atoms with E-state index < -0.39 is 9.73 Å². The van der Waals surface area contributed by atoms with Gasteiger partial charge in [-0.05, 0) is 24.1 Å². The summed E-state index contributed by atoms with van der Waals surface area (Å²) >= 11 is 0. The summed E-state index contributed by atoms with van der Waals surface area (Å²) in [6, 6.07) is 7.18. The van der Waals surface area contributed by atoms with E-state index >= 15 is 0 Å². The normalized spacial score (nSPS) is 15.0. The van der Waals surface area contributed by atoms with E-state index in [9.17, 15) is 4.21 Å². The summed E-state index contributed by atoms with van der Waals surface area (Å²) < 4.78 is 19.3. The highest BCUT2D eigenvalue weighted by molar-refractivity contribution is 7.92. The Kier molecular flexibility index (Phi) is 3.66. The number of aryl methyl sites for hydroxylation is 1. The second-order valence-corrected chi connectivity index (χ2v) is 5.33. The minimum atomic E-state index is -2.79. The van der Waals surface area contributed by atoms with E-state index in [0.717, 1.165) is 12.0 Å². The maximum absolute atomic E-state index is 11.7. The molecule has 1 aromatic rings. The van der Waals surface area contributed by atoms with Crippen LogP contribution in [0.5, 0.6) is 0 Å². The molecule has 3 nitrogen and oxygen atoms in total. The molecule has 0 bridgehead atoms. The maximum atomic E-state index is 11.7. The van der Waals surface area contributed by atoms with Gasteiger partial charge in [0.25, 0.3) is 0 Å². The van der Waals surface area contributed by atoms with Gasteiger partial charge in [0.15, 0.2) is 0 Å². The summed E-state index contributed by atoms with van der Waals surface area (Å²) in [7, 11) is -2.79. The van der Waals surface area contributed by atoms with Crippen LogP contribution in [-0.2, 0) is 16.1 Å². The predicted molar refractivity (Wildman–Crippen MR) is 56.9 cm³/mol. The molecule has 0 saturated carbocycles. The lowest BCUT2D eigenvalue weighted by Gasteiger charge is -2.06. The molecule has 0 aromatic heterocycles. The van der Waals surface area contributed by atoms with Crippen LogP contribution in [0.2, 0.25) is 0 Å². The van der Waals surface area contributed by atoms with E-state index in [0.29, 0.717) is 4.90 Å². The van der Waals surface area contributed by atoms with Crippen LogP contribution < -0.4 is 0 Å². The smallest absolute Gasteiger partial charge is 0.0748 e. The molecule has 0 aliphatic heterocycles. The van der Waals surface area contributed by atoms with Crippen molar-refractivity contribution in [2.75, 3.05) is 12.4 Å². The molecule has 4 heteroatoms. The number of benzene rings is 1. The molecule has 1 atom stereocenters. The van der Waals surface area contributed by atoms with Crippen molar-refractivity contribution in [1.29, 1.82) is 4.78 Å². The Bertz CT molecular complexity index is 381. The number of hydrogen-bond acceptors (Lipinski definition) is 3. The molecule has 0 radical (unpaired) electrons. The van der Waals surface area contributed by atoms with Crippen LogP contribution in [0.4, 0.5) is 0 Å². The lowest BCUT2D eigenvalue weighted by molar-refractivity contribution is 0.321. The van der Waals surface area contributed by atoms with Crippen LogP contribution in [0.15, 0.2) is 29.2 Å². The Balaban J connectivity index is 2.97. The van der Waals surface area contributed by atoms with Crippen LogP contribution in [0, 0.1) is 4.78 Å². The van der Waals surface area contributed by atoms with Crippen molar-refractivity contribution in [3.05, 3.63) is 29.8 Å². The van der Waals surface area contributed by atoms with Gasteiger partial charge in [0.05, 0.1) is 22.1 Å². The van der Waals surface area contributed by atoms with Crippen molar-refractivity contribution in [3.8, 4) is 0 Å². The van der Waals surface area contributed by atoms with Crippen molar-refractivity contribution >= 4 is 9.73 Å². The van der Waals surface area contributed by atoms with E-state index in [4.69, 9.17) is 9.89 Å². The number of aliphatic hydroxyl groups excluding tert-OH is 1. The molecule has 0 fully saturated rings. The Labute approximate surface area is 84.8 Å². The van der Waals surface area contributed by atoms with Gasteiger partial charge >= 0.3 is 0 Å². The van der Waals surface area contributed by atoms with Crippen LogP contribution >= 0.6 is 0 Å². The fourth-order valence-corrected chi connectivity index (χ4v) is 2.26. The largest absolute Gasteiger partial charge is 0.395 e. The minimum absolute atomic E-state index is 0.0124. The van der Waals surface area contributed by atoms with Gasteiger partial charge in [-0.15, -0.1) is 0 Å². The SMILES string of the molecule is CCc1ccc(S(=N)(=O)CCO)cc1. The third-order valence-corrected chi connectivity index (χ3v) is 3.88. The molecule has 78 valence electrons. The van der Waals surface area contributed by atoms with Gasteiger partial charge in [0, 0.05) is 4.90 Å². The molecule has 0 spiro atoms. The first kappa shape index (κ1) is 11.2. The number of nitrogens with one attached hydrogen (secondary N) is 1. The summed E-state index contributed by atoms with van der Waals surface area (Å²) in [5.74, 6) is 0.0124. The lowest BCUT2D eigenvalue weighted by atomic mass is 10.2. The molecule has 1 rings (SSSR count). The minimum Gasteiger partial charge on any atom is -0.395 e. The van der Waals surface area contributed by atoms with Crippen LogP contribution in [0.1, 0.15) is 12.5 Å². The average Bonchev–Trinajstić information content (AvgIpc) is 2.18. The highest BCUT2D eigenvalue weighted by atomic mass is 32.2. The van der Waals surface area contributed by atoms with Crippen molar-refractivity contribution in [2.24, 2.45) is 0 Å². The highest BCUT2D eigenvalue weighted by Crippen LogP contribution is 2.13. The third-order valence-electron chi connectivity index (χ3n) is 2.09. The van der Waals surface area contributed by atoms with Crippen LogP contribution in [0.25, 0.3) is 0 Å². The standard InChI is InChI=1S/C10H15NO2S/c1-2-9-3-5-10(6-4-9)14(11,13)8-7-12/h3-6,11-12H,2,7-8H2,1H3. The molecular formula is C10H15NO2S. The molecule has 14 heavy (non-hydrogen) atoms. The maximum Gasteiger partial charge on any atom is 0.0748 e. The van der Waals surface area contributed by atoms with Gasteiger partial charge < -0.3 is 5.11 Å². The number of aliphatic hydroxyl groups is 1. The average molecular weight is 213 g/mol. The molecule has 0 amide bonds. The Morgan fingerprint density at radius 3 is 2.36 bits per heavy atom. The second-order valence-electron chi connectivity index (χ2n) is 3.10. The van der Waals surface area contributed by atoms with E-state index in [1.165, 1.54) is 0 Å². The second kappa shape index (κ2) is 4.57. The van der Waals surface area contributed by atoms with E-state index in [-0.39, 0.29) is 12.4 Å². The third kappa shape index (κ3) is 2.56. The zero-order valence-corrected chi connectivity index (χ0v) is 9.01. The van der Waals surface area contributed by atoms with Crippen LogP contribution in [0.3, 0.4) is 0 Å². The van der Waals surface area contributed by atoms with E-state index in [2.05, 4.69) is 0 Å². The van der Waals surface area contributed by atoms with Crippen molar-refractivity contribution in [2.45, 2.75) is 18.2 Å². The van der Waals surface area contributed by atoms with E-state index in [1.807, 2.05) is 19.1 Å². The first-order chi connectivity index (χ1) is 6.60. The molecule has 1 unspecified atom stereocenters. The molecule has 0 aliphatic rings. The first-order valence-electron chi connectivity index (χ1n) is 4.56. The summed E-state index contributed by atoms with van der Waals surface area (Å²) in [5, 5.41) is 8.66. The number of hydrogen-bond donors (Lipinski definition) is 2. The summed E-state index contributed by atoms with van der Waals surface area (Å²) in [6.45, 7) is 1.83. The first-order valence-corrected chi connectivity index (χ1v) is 6.29. The zero-order chi connectivity index (χ0) is 10.6. The Hall–Kier alpha value is -0.870. The zero-order valence-electron chi connectivity index (χ0n) is 8.19. The Morgan fingerprint density at radius 2 is 1.93 bits per heavy atom. The predicted octanol–water partition coefficient (Wildman–Crippen LogP) is 1.65. The quantitative estimate of drug-likeness (QED) is 0.798. The van der Waals surface area contributed by atoms with Gasteiger partial charge in [-0.25, -0.2) is 8.99 Å². The topological polar surface area (TPSA) is 61.2 Å². The van der Waals surface area contributed by atoms with Gasteiger partial charge in [0.2, 0.25) is 0 Å². The number of rotatable bonds is 4. The molecule has 0 heterocycles. The monoisotopic (exact) mass is 213 g/mol. The fraction of sp³-hybridized carbons (Fsp3) is 0.400. The summed E-state index contributed by atoms with van der Waals surface area (Å²) in [4.78, 5) is 0.503. The molecular weight excluding hydrogens is 198 g/mol. The van der Waals surface area contributed by atoms with Crippen LogP contribution in [-0.4, -0.2) is 21.7 Å². The fourth-order valence-electron chi connectivity index (χ4n) is 1.19. The lowest BCUT2D eigenvalue weighted by Crippen LogP contribution is -2.08. The molecule has 0 saturated heterocycles. The van der Waals surface area contributed by atoms with E-state index in [1.54, 1.807) is 12.1 Å². The van der Waals surface area contributed by atoms with Gasteiger partial charge in [-0.3, -0.25) is 0 Å². The van der Waals surface area contributed by atoms with Crippen molar-refractivity contribution < 1.29 is 9.32 Å². The van der Waals surface area contributed by atoms with Crippen molar-refractivity contribution in [3.63, 3.8) is 0 Å². The van der Waals surface area contributed by atoms with Gasteiger partial charge in [-0.1, -0.05) is 19.1 Å². The Morgan fingerprint density at radius 1 is 1.36 bits per heavy atom. The molecule has 0 aliphatic carbocycles. The van der Waals surface area contributed by atoms with Gasteiger partial charge in [-0.2, -0.15) is 0 Å². The van der Waals surface area contributed by atoms with Crippen molar-refractivity contribution in [1.82, 2.24) is 0 Å². The highest BCUT2D eigenvalue weighted by Gasteiger charge is 2.08. The summed E-state index contributed by atoms with van der Waals surface area (Å²) in [5.41, 5.74) is 1.16. The molecule has 1 aromatic carbocycles. The molecule has 2 N–H and O–H groups in total. The van der Waals surface area contributed by atoms with Gasteiger partial charge in [0.1, 0.15) is 0 Å². The summed E-state index contributed by atoms with van der Waals surface area (Å²) in [6.07, 6.45) is 0.930.